The lowest BCUT2D eigenvalue weighted by Gasteiger charge is -2.14. The second-order valence-corrected chi connectivity index (χ2v) is 10.5. The van der Waals surface area contributed by atoms with Crippen LogP contribution in [0.15, 0.2) is 76.7 Å². The molecule has 0 atom stereocenters. The highest BCUT2D eigenvalue weighted by atomic mass is 32.2. The number of sulfonamides is 1. The van der Waals surface area contributed by atoms with E-state index in [-0.39, 0.29) is 23.1 Å². The molecule has 3 N–H and O–H groups in total. The van der Waals surface area contributed by atoms with Gasteiger partial charge in [0.15, 0.2) is 11.4 Å². The van der Waals surface area contributed by atoms with Crippen LogP contribution in [0.4, 0.5) is 5.82 Å². The van der Waals surface area contributed by atoms with Gasteiger partial charge in [-0.25, -0.2) is 8.42 Å². The Labute approximate surface area is 225 Å². The van der Waals surface area contributed by atoms with Crippen molar-refractivity contribution < 1.29 is 22.4 Å². The fourth-order valence-corrected chi connectivity index (χ4v) is 5.33. The van der Waals surface area contributed by atoms with E-state index in [1.54, 1.807) is 53.6 Å². The molecule has 3 heterocycles. The molecule has 0 fully saturated rings. The van der Waals surface area contributed by atoms with Crippen LogP contribution < -0.4 is 19.9 Å². The largest absolute Gasteiger partial charge is 0.496 e. The molecule has 39 heavy (non-hydrogen) atoms. The molecule has 202 valence electrons. The zero-order valence-electron chi connectivity index (χ0n) is 21.5. The number of nitrogens with two attached hydrogens (primary N) is 1. The Bertz CT molecular complexity index is 1700. The first-order valence-electron chi connectivity index (χ1n) is 12.2. The molecule has 0 spiro atoms. The van der Waals surface area contributed by atoms with E-state index in [1.165, 1.54) is 7.11 Å². The maximum atomic E-state index is 13.6. The van der Waals surface area contributed by atoms with Gasteiger partial charge in [-0.2, -0.15) is 5.10 Å². The van der Waals surface area contributed by atoms with Crippen LogP contribution in [0.5, 0.6) is 11.5 Å². The van der Waals surface area contributed by atoms with Crippen molar-refractivity contribution in [3.63, 3.8) is 0 Å². The smallest absolute Gasteiger partial charge is 0.266 e. The number of fused-ring (bicyclic) bond motifs is 1. The number of rotatable bonds is 11. The Morgan fingerprint density at radius 1 is 1.05 bits per heavy atom. The van der Waals surface area contributed by atoms with Crippen molar-refractivity contribution in [1.82, 2.24) is 19.9 Å². The summed E-state index contributed by atoms with van der Waals surface area (Å²) in [7, 11) is -2.62. The molecule has 0 aliphatic carbocycles. The highest BCUT2D eigenvalue weighted by Gasteiger charge is 2.25. The van der Waals surface area contributed by atoms with Crippen LogP contribution in [-0.4, -0.2) is 35.4 Å². The van der Waals surface area contributed by atoms with E-state index in [0.717, 1.165) is 22.3 Å². The summed E-state index contributed by atoms with van der Waals surface area (Å²) in [5.74, 6) is 0.628. The van der Waals surface area contributed by atoms with Gasteiger partial charge < -0.3 is 19.7 Å². The number of anilines is 1. The van der Waals surface area contributed by atoms with Crippen LogP contribution in [0.3, 0.4) is 0 Å². The lowest BCUT2D eigenvalue weighted by Crippen LogP contribution is -2.15. The molecule has 0 saturated heterocycles. The standard InChI is InChI=1S/C27H28N6O5S/c1-3-18-6-7-22(37-17-19-5-4-8-29-13-19)25(11-18)39(34,35)32-27-26-23(36-2)9-20(10-24(26)38-31-27)15-33-16-21(12-28)14-30-33/h4-11,13-14,16H,3,12,15,17,28H2,1-2H3,(H,31,32). The van der Waals surface area contributed by atoms with Crippen molar-refractivity contribution in [1.29, 1.82) is 0 Å². The van der Waals surface area contributed by atoms with Crippen LogP contribution in [0, 0.1) is 0 Å². The van der Waals surface area contributed by atoms with Crippen LogP contribution in [0.2, 0.25) is 0 Å². The van der Waals surface area contributed by atoms with E-state index in [4.69, 9.17) is 19.7 Å². The molecule has 0 saturated carbocycles. The van der Waals surface area contributed by atoms with Gasteiger partial charge in [-0.15, -0.1) is 0 Å². The number of pyridine rings is 1. The first kappa shape index (κ1) is 26.2. The van der Waals surface area contributed by atoms with Crippen LogP contribution >= 0.6 is 0 Å². The monoisotopic (exact) mass is 548 g/mol. The zero-order valence-corrected chi connectivity index (χ0v) is 22.3. The van der Waals surface area contributed by atoms with Crippen molar-refractivity contribution in [3.05, 3.63) is 89.5 Å². The fraction of sp³-hybridized carbons (Fsp3) is 0.222. The minimum Gasteiger partial charge on any atom is -0.496 e. The molecule has 3 aromatic heterocycles. The summed E-state index contributed by atoms with van der Waals surface area (Å²) in [6.07, 6.45) is 7.54. The lowest BCUT2D eigenvalue weighted by molar-refractivity contribution is 0.297. The van der Waals surface area contributed by atoms with Crippen LogP contribution in [0.1, 0.15) is 29.2 Å². The quantitative estimate of drug-likeness (QED) is 0.251. The van der Waals surface area contributed by atoms with Crippen LogP contribution in [0.25, 0.3) is 11.0 Å². The SMILES string of the molecule is CCc1ccc(OCc2cccnc2)c(S(=O)(=O)Nc2noc3cc(Cn4cc(CN)cn4)cc(OC)c23)c1. The molecule has 0 aliphatic heterocycles. The molecular formula is C27H28N6O5S. The zero-order chi connectivity index (χ0) is 27.4. The first-order valence-corrected chi connectivity index (χ1v) is 13.7. The number of methoxy groups -OCH3 is 1. The minimum atomic E-state index is -4.12. The third kappa shape index (κ3) is 5.71. The van der Waals surface area contributed by atoms with Gasteiger partial charge in [0.05, 0.1) is 19.9 Å². The van der Waals surface area contributed by atoms with Crippen molar-refractivity contribution in [3.8, 4) is 11.5 Å². The number of hydrogen-bond acceptors (Lipinski definition) is 9. The van der Waals surface area contributed by atoms with E-state index in [2.05, 4.69) is 20.0 Å². The number of ether oxygens (including phenoxy) is 2. The summed E-state index contributed by atoms with van der Waals surface area (Å²) >= 11 is 0. The number of nitrogens with zero attached hydrogens (tertiary/aromatic N) is 4. The second kappa shape index (κ2) is 11.1. The van der Waals surface area contributed by atoms with Crippen LogP contribution in [-0.2, 0) is 36.1 Å². The average molecular weight is 549 g/mol. The van der Waals surface area contributed by atoms with E-state index >= 15 is 0 Å². The van der Waals surface area contributed by atoms with E-state index in [9.17, 15) is 8.42 Å². The van der Waals surface area contributed by atoms with E-state index in [0.29, 0.717) is 36.2 Å². The van der Waals surface area contributed by atoms with Gasteiger partial charge >= 0.3 is 0 Å². The molecule has 0 aliphatic rings. The average Bonchev–Trinajstić information content (AvgIpc) is 3.58. The third-order valence-electron chi connectivity index (χ3n) is 6.14. The molecular weight excluding hydrogens is 520 g/mol. The lowest BCUT2D eigenvalue weighted by atomic mass is 10.1. The minimum absolute atomic E-state index is 0.00753. The predicted octanol–water partition coefficient (Wildman–Crippen LogP) is 3.88. The van der Waals surface area contributed by atoms with Gasteiger partial charge in [0.2, 0.25) is 0 Å². The van der Waals surface area contributed by atoms with Gasteiger partial charge in [0, 0.05) is 36.3 Å². The molecule has 0 radical (unpaired) electrons. The van der Waals surface area contributed by atoms with E-state index < -0.39 is 10.0 Å². The summed E-state index contributed by atoms with van der Waals surface area (Å²) in [5, 5.41) is 8.72. The van der Waals surface area contributed by atoms with Crippen molar-refractivity contribution in [2.45, 2.75) is 37.9 Å². The molecule has 0 unspecified atom stereocenters. The van der Waals surface area contributed by atoms with Gasteiger partial charge in [-0.3, -0.25) is 14.4 Å². The summed E-state index contributed by atoms with van der Waals surface area (Å²) in [6, 6.07) is 12.3. The highest BCUT2D eigenvalue weighted by molar-refractivity contribution is 7.92. The Balaban J connectivity index is 1.45. The molecule has 5 rings (SSSR count). The molecule has 5 aromatic rings. The Kier molecular flexibility index (Phi) is 7.48. The molecule has 2 aromatic carbocycles. The van der Waals surface area contributed by atoms with Gasteiger partial charge in [-0.1, -0.05) is 24.2 Å². The highest BCUT2D eigenvalue weighted by Crippen LogP contribution is 2.36. The third-order valence-corrected chi connectivity index (χ3v) is 7.50. The summed E-state index contributed by atoms with van der Waals surface area (Å²) < 4.78 is 48.6. The van der Waals surface area contributed by atoms with Crippen molar-refractivity contribution >= 4 is 26.8 Å². The Morgan fingerprint density at radius 2 is 1.92 bits per heavy atom. The van der Waals surface area contributed by atoms with Gasteiger partial charge in [-0.05, 0) is 47.9 Å². The number of benzene rings is 2. The summed E-state index contributed by atoms with van der Waals surface area (Å²) in [6.45, 7) is 2.94. The van der Waals surface area contributed by atoms with Gasteiger partial charge in [0.1, 0.15) is 28.4 Å². The number of aryl methyl sites for hydroxylation is 1. The molecule has 11 nitrogen and oxygen atoms in total. The van der Waals surface area contributed by atoms with E-state index in [1.807, 2.05) is 25.3 Å². The first-order chi connectivity index (χ1) is 18.9. The number of nitrogens with one attached hydrogen (secondary N) is 1. The maximum Gasteiger partial charge on any atom is 0.266 e. The second-order valence-electron chi connectivity index (χ2n) is 8.84. The Hall–Kier alpha value is -4.42. The molecule has 0 amide bonds. The number of aromatic nitrogens is 4. The van der Waals surface area contributed by atoms with Gasteiger partial charge in [0.25, 0.3) is 10.0 Å². The summed E-state index contributed by atoms with van der Waals surface area (Å²) in [4.78, 5) is 4.07. The molecule has 0 bridgehead atoms. The van der Waals surface area contributed by atoms with Crippen molar-refractivity contribution in [2.75, 3.05) is 11.8 Å². The van der Waals surface area contributed by atoms with Crippen molar-refractivity contribution in [2.24, 2.45) is 5.73 Å². The predicted molar refractivity (Wildman–Crippen MR) is 145 cm³/mol. The molecule has 12 heteroatoms. The normalized spacial score (nSPS) is 11.6. The topological polar surface area (TPSA) is 147 Å². The number of hydrogen-bond donors (Lipinski definition) is 2. The Morgan fingerprint density at radius 3 is 2.64 bits per heavy atom. The maximum absolute atomic E-state index is 13.6. The fourth-order valence-electron chi connectivity index (χ4n) is 4.13. The summed E-state index contributed by atoms with van der Waals surface area (Å²) in [5.41, 5.74) is 9.44.